The molecule has 0 saturated carbocycles. The number of aliphatic hydroxyl groups is 1. The van der Waals surface area contributed by atoms with E-state index in [0.29, 0.717) is 19.8 Å². The summed E-state index contributed by atoms with van der Waals surface area (Å²) in [6, 6.07) is 7.98. The second-order valence-electron chi connectivity index (χ2n) is 5.84. The fourth-order valence-corrected chi connectivity index (χ4v) is 3.43. The van der Waals surface area contributed by atoms with Gasteiger partial charge < -0.3 is 19.0 Å². The standard InChI is InChI=1S/C18H27NO4S/c1-15-6-7-18(24-15)12-19(8-4-9-21-2)11-16(20)13-22-14-17-5-3-10-23-17/h3,5-7,10,16,20H,4,8-9,11-14H2,1-2H3/t16-/m0/s1. The van der Waals surface area contributed by atoms with Crippen molar-refractivity contribution in [1.29, 1.82) is 0 Å². The van der Waals surface area contributed by atoms with Crippen molar-refractivity contribution in [2.75, 3.05) is 33.4 Å². The zero-order valence-corrected chi connectivity index (χ0v) is 15.3. The van der Waals surface area contributed by atoms with Gasteiger partial charge in [0.25, 0.3) is 0 Å². The third kappa shape index (κ3) is 7.15. The Morgan fingerprint density at radius 2 is 2.21 bits per heavy atom. The first-order chi connectivity index (χ1) is 11.7. The zero-order valence-electron chi connectivity index (χ0n) is 14.4. The average Bonchev–Trinajstić information content (AvgIpc) is 3.19. The van der Waals surface area contributed by atoms with Crippen LogP contribution in [0.25, 0.3) is 0 Å². The fourth-order valence-electron chi connectivity index (χ4n) is 2.50. The highest BCUT2D eigenvalue weighted by atomic mass is 32.1. The van der Waals surface area contributed by atoms with Crippen molar-refractivity contribution >= 4 is 11.3 Å². The topological polar surface area (TPSA) is 55.1 Å². The molecule has 2 heterocycles. The van der Waals surface area contributed by atoms with E-state index in [1.165, 1.54) is 9.75 Å². The number of aryl methyl sites for hydroxylation is 1. The Labute approximate surface area is 147 Å². The Hall–Kier alpha value is -1.18. The van der Waals surface area contributed by atoms with Crippen molar-refractivity contribution in [2.24, 2.45) is 0 Å². The van der Waals surface area contributed by atoms with E-state index in [2.05, 4.69) is 24.0 Å². The summed E-state index contributed by atoms with van der Waals surface area (Å²) < 4.78 is 15.9. The first kappa shape index (κ1) is 19.1. The van der Waals surface area contributed by atoms with Crippen LogP contribution >= 0.6 is 11.3 Å². The van der Waals surface area contributed by atoms with Gasteiger partial charge in [0.1, 0.15) is 12.4 Å². The number of hydrogen-bond donors (Lipinski definition) is 1. The predicted molar refractivity (Wildman–Crippen MR) is 95.2 cm³/mol. The van der Waals surface area contributed by atoms with Crippen molar-refractivity contribution in [3.8, 4) is 0 Å². The number of nitrogens with zero attached hydrogens (tertiary/aromatic N) is 1. The van der Waals surface area contributed by atoms with Crippen LogP contribution in [-0.2, 0) is 22.6 Å². The number of furan rings is 1. The second-order valence-corrected chi connectivity index (χ2v) is 7.21. The maximum atomic E-state index is 10.3. The molecule has 2 rings (SSSR count). The summed E-state index contributed by atoms with van der Waals surface area (Å²) in [7, 11) is 1.71. The predicted octanol–water partition coefficient (Wildman–Crippen LogP) is 3.07. The third-order valence-electron chi connectivity index (χ3n) is 3.60. The van der Waals surface area contributed by atoms with Crippen LogP contribution in [0.1, 0.15) is 21.9 Å². The van der Waals surface area contributed by atoms with E-state index in [0.717, 1.165) is 31.9 Å². The largest absolute Gasteiger partial charge is 0.467 e. The van der Waals surface area contributed by atoms with Crippen molar-refractivity contribution in [3.05, 3.63) is 46.0 Å². The normalized spacial score (nSPS) is 12.8. The molecule has 0 saturated heterocycles. The highest BCUT2D eigenvalue weighted by molar-refractivity contribution is 7.11. The first-order valence-electron chi connectivity index (χ1n) is 8.22. The number of methoxy groups -OCH3 is 1. The van der Waals surface area contributed by atoms with Gasteiger partial charge in [0.05, 0.1) is 19.0 Å². The van der Waals surface area contributed by atoms with Gasteiger partial charge in [-0.3, -0.25) is 4.90 Å². The number of ether oxygens (including phenoxy) is 2. The van der Waals surface area contributed by atoms with Crippen LogP contribution in [0.5, 0.6) is 0 Å². The molecule has 2 aromatic heterocycles. The number of thiophene rings is 1. The summed E-state index contributed by atoms with van der Waals surface area (Å²) in [5.74, 6) is 0.771. The van der Waals surface area contributed by atoms with E-state index in [-0.39, 0.29) is 0 Å². The minimum atomic E-state index is -0.524. The molecule has 6 heteroatoms. The van der Waals surface area contributed by atoms with Gasteiger partial charge >= 0.3 is 0 Å². The van der Waals surface area contributed by atoms with E-state index in [4.69, 9.17) is 13.9 Å². The molecule has 0 aliphatic rings. The monoisotopic (exact) mass is 353 g/mol. The van der Waals surface area contributed by atoms with Crippen LogP contribution in [0.15, 0.2) is 34.9 Å². The highest BCUT2D eigenvalue weighted by Crippen LogP contribution is 2.17. The van der Waals surface area contributed by atoms with Crippen LogP contribution in [0, 0.1) is 6.92 Å². The molecule has 0 aromatic carbocycles. The van der Waals surface area contributed by atoms with Gasteiger partial charge in [-0.05, 0) is 37.6 Å². The second kappa shape index (κ2) is 10.6. The van der Waals surface area contributed by atoms with Crippen molar-refractivity contribution in [1.82, 2.24) is 4.90 Å². The lowest BCUT2D eigenvalue weighted by atomic mass is 10.3. The summed E-state index contributed by atoms with van der Waals surface area (Å²) >= 11 is 1.80. The van der Waals surface area contributed by atoms with Crippen LogP contribution in [0.2, 0.25) is 0 Å². The zero-order chi connectivity index (χ0) is 17.2. The lowest BCUT2D eigenvalue weighted by Gasteiger charge is -2.24. The van der Waals surface area contributed by atoms with Gasteiger partial charge in [0.2, 0.25) is 0 Å². The van der Waals surface area contributed by atoms with Gasteiger partial charge in [-0.25, -0.2) is 0 Å². The molecular formula is C18H27NO4S. The maximum absolute atomic E-state index is 10.3. The van der Waals surface area contributed by atoms with Gasteiger partial charge in [-0.15, -0.1) is 11.3 Å². The molecule has 5 nitrogen and oxygen atoms in total. The molecule has 134 valence electrons. The van der Waals surface area contributed by atoms with Gasteiger partial charge in [-0.1, -0.05) is 0 Å². The molecule has 0 radical (unpaired) electrons. The summed E-state index contributed by atoms with van der Waals surface area (Å²) in [6.45, 7) is 5.84. The quantitative estimate of drug-likeness (QED) is 0.594. The van der Waals surface area contributed by atoms with Crippen LogP contribution < -0.4 is 0 Å². The van der Waals surface area contributed by atoms with Crippen molar-refractivity contribution in [2.45, 2.75) is 32.6 Å². The Morgan fingerprint density at radius 1 is 1.33 bits per heavy atom. The van der Waals surface area contributed by atoms with Gasteiger partial charge in [0, 0.05) is 43.1 Å². The molecular weight excluding hydrogens is 326 g/mol. The third-order valence-corrected chi connectivity index (χ3v) is 4.59. The molecule has 0 bridgehead atoms. The van der Waals surface area contributed by atoms with E-state index >= 15 is 0 Å². The molecule has 1 atom stereocenters. The molecule has 1 N–H and O–H groups in total. The van der Waals surface area contributed by atoms with Crippen molar-refractivity contribution < 1.29 is 19.0 Å². The summed E-state index contributed by atoms with van der Waals surface area (Å²) in [5.41, 5.74) is 0. The minimum absolute atomic E-state index is 0.297. The average molecular weight is 353 g/mol. The van der Waals surface area contributed by atoms with Crippen LogP contribution in [0.4, 0.5) is 0 Å². The molecule has 0 aliphatic heterocycles. The number of aliphatic hydroxyl groups excluding tert-OH is 1. The Kier molecular flexibility index (Phi) is 8.49. The molecule has 0 unspecified atom stereocenters. The van der Waals surface area contributed by atoms with Crippen LogP contribution in [0.3, 0.4) is 0 Å². The first-order valence-corrected chi connectivity index (χ1v) is 9.04. The van der Waals surface area contributed by atoms with Gasteiger partial charge in [-0.2, -0.15) is 0 Å². The van der Waals surface area contributed by atoms with Crippen molar-refractivity contribution in [3.63, 3.8) is 0 Å². The lowest BCUT2D eigenvalue weighted by molar-refractivity contribution is 0.00296. The molecule has 0 fully saturated rings. The Bertz CT molecular complexity index is 555. The SMILES string of the molecule is COCCCN(Cc1ccc(C)s1)C[C@H](O)COCc1ccco1. The number of hydrogen-bond acceptors (Lipinski definition) is 6. The minimum Gasteiger partial charge on any atom is -0.467 e. The highest BCUT2D eigenvalue weighted by Gasteiger charge is 2.14. The number of rotatable bonds is 12. The smallest absolute Gasteiger partial charge is 0.129 e. The maximum Gasteiger partial charge on any atom is 0.129 e. The van der Waals surface area contributed by atoms with Gasteiger partial charge in [0.15, 0.2) is 0 Å². The fraction of sp³-hybridized carbons (Fsp3) is 0.556. The summed E-state index contributed by atoms with van der Waals surface area (Å²) in [6.07, 6.45) is 2.04. The molecule has 0 amide bonds. The Balaban J connectivity index is 1.76. The molecule has 24 heavy (non-hydrogen) atoms. The summed E-state index contributed by atoms with van der Waals surface area (Å²) in [4.78, 5) is 4.88. The van der Waals surface area contributed by atoms with E-state index in [9.17, 15) is 5.11 Å². The molecule has 0 aliphatic carbocycles. The Morgan fingerprint density at radius 3 is 2.88 bits per heavy atom. The lowest BCUT2D eigenvalue weighted by Crippen LogP contribution is -2.35. The van der Waals surface area contributed by atoms with Crippen LogP contribution in [-0.4, -0.2) is 49.5 Å². The van der Waals surface area contributed by atoms with E-state index < -0.39 is 6.10 Å². The summed E-state index contributed by atoms with van der Waals surface area (Å²) in [5, 5.41) is 10.3. The van der Waals surface area contributed by atoms with E-state index in [1.807, 2.05) is 12.1 Å². The van der Waals surface area contributed by atoms with E-state index in [1.54, 1.807) is 24.7 Å². The molecule has 2 aromatic rings. The molecule has 0 spiro atoms.